The average molecular weight is 665 g/mol. The van der Waals surface area contributed by atoms with Gasteiger partial charge in [0.25, 0.3) is 0 Å². The van der Waals surface area contributed by atoms with Crippen LogP contribution in [-0.2, 0) is 19.7 Å². The number of aromatic nitrogens is 4. The number of amides is 1. The van der Waals surface area contributed by atoms with Crippen LogP contribution in [0.3, 0.4) is 0 Å². The largest absolute Gasteiger partial charge is 0.469 e. The Hall–Kier alpha value is -4.50. The van der Waals surface area contributed by atoms with Gasteiger partial charge in [0.05, 0.1) is 18.5 Å². The molecule has 4 unspecified atom stereocenters. The number of allylic oxidation sites excluding steroid dienone is 4. The molecule has 0 aromatic carbocycles. The second kappa shape index (κ2) is 14.5. The SMILES string of the molecule is C=CC1=C(C)c2cc3cc(C)c(cc4nc(cc5[nH]c(cc1n2)C(C)C5(C=C)CCC(=O)N(C)CCN(C)C)C(CCC(=O)OC)C4C)[nH]3. The van der Waals surface area contributed by atoms with Crippen LogP contribution < -0.4 is 0 Å². The van der Waals surface area contributed by atoms with Gasteiger partial charge in [0, 0.05) is 95.5 Å². The number of esters is 1. The zero-order valence-corrected chi connectivity index (χ0v) is 30.4. The summed E-state index contributed by atoms with van der Waals surface area (Å²) in [7, 11) is 7.32. The summed E-state index contributed by atoms with van der Waals surface area (Å²) >= 11 is 0. The van der Waals surface area contributed by atoms with E-state index in [1.807, 2.05) is 38.2 Å². The molecule has 3 aliphatic heterocycles. The van der Waals surface area contributed by atoms with Crippen LogP contribution in [0.1, 0.15) is 104 Å². The van der Waals surface area contributed by atoms with E-state index in [2.05, 4.69) is 86.1 Å². The molecule has 49 heavy (non-hydrogen) atoms. The molecule has 0 saturated heterocycles. The van der Waals surface area contributed by atoms with Crippen LogP contribution >= 0.6 is 0 Å². The topological polar surface area (TPSA) is 107 Å². The van der Waals surface area contributed by atoms with Gasteiger partial charge in [-0.25, -0.2) is 4.98 Å². The highest BCUT2D eigenvalue weighted by atomic mass is 16.5. The molecule has 5 heterocycles. The number of methoxy groups -OCH3 is 1. The van der Waals surface area contributed by atoms with E-state index in [1.165, 1.54) is 7.11 Å². The molecule has 0 radical (unpaired) electrons. The summed E-state index contributed by atoms with van der Waals surface area (Å²) < 4.78 is 5.02. The maximum Gasteiger partial charge on any atom is 0.305 e. The van der Waals surface area contributed by atoms with Gasteiger partial charge in [-0.15, -0.1) is 6.58 Å². The number of hydrogen-bond donors (Lipinski definition) is 2. The van der Waals surface area contributed by atoms with Crippen molar-refractivity contribution in [1.29, 1.82) is 0 Å². The Morgan fingerprint density at radius 1 is 0.959 bits per heavy atom. The van der Waals surface area contributed by atoms with Crippen molar-refractivity contribution >= 4 is 34.1 Å². The van der Waals surface area contributed by atoms with Crippen LogP contribution in [-0.4, -0.2) is 83.0 Å². The second-order valence-electron chi connectivity index (χ2n) is 14.1. The van der Waals surface area contributed by atoms with Gasteiger partial charge in [0.15, 0.2) is 0 Å². The van der Waals surface area contributed by atoms with E-state index in [0.29, 0.717) is 32.2 Å². The summed E-state index contributed by atoms with van der Waals surface area (Å²) in [6.45, 7) is 18.5. The zero-order chi connectivity index (χ0) is 35.6. The number of hydrogen-bond acceptors (Lipinski definition) is 6. The highest BCUT2D eigenvalue weighted by Gasteiger charge is 2.42. The Balaban J connectivity index is 1.74. The van der Waals surface area contributed by atoms with Crippen molar-refractivity contribution in [2.45, 2.75) is 76.5 Å². The molecule has 2 aromatic heterocycles. The average Bonchev–Trinajstić information content (AvgIpc) is 3.74. The van der Waals surface area contributed by atoms with Gasteiger partial charge in [-0.1, -0.05) is 32.6 Å². The van der Waals surface area contributed by atoms with Gasteiger partial charge in [0.2, 0.25) is 5.91 Å². The molecule has 2 aromatic rings. The number of H-pyrrole nitrogens is 2. The first-order chi connectivity index (χ1) is 23.3. The Morgan fingerprint density at radius 2 is 1.71 bits per heavy atom. The Labute approximate surface area is 290 Å². The van der Waals surface area contributed by atoms with E-state index >= 15 is 0 Å². The van der Waals surface area contributed by atoms with E-state index < -0.39 is 5.41 Å². The fourth-order valence-electron chi connectivity index (χ4n) is 7.35. The Kier molecular flexibility index (Phi) is 10.6. The molecule has 1 amide bonds. The van der Waals surface area contributed by atoms with Crippen LogP contribution in [0.4, 0.5) is 0 Å². The van der Waals surface area contributed by atoms with E-state index in [-0.39, 0.29) is 29.6 Å². The highest BCUT2D eigenvalue weighted by Crippen LogP contribution is 2.48. The number of aromatic amines is 2. The lowest BCUT2D eigenvalue weighted by Crippen LogP contribution is -2.35. The number of ether oxygens (including phenoxy) is 1. The van der Waals surface area contributed by atoms with Crippen molar-refractivity contribution in [3.8, 4) is 0 Å². The molecule has 0 fully saturated rings. The van der Waals surface area contributed by atoms with Crippen molar-refractivity contribution in [3.05, 3.63) is 95.4 Å². The van der Waals surface area contributed by atoms with Gasteiger partial charge in [-0.05, 0) is 82.3 Å². The molecule has 0 spiro atoms. The van der Waals surface area contributed by atoms with E-state index in [9.17, 15) is 9.59 Å². The maximum atomic E-state index is 13.4. The third kappa shape index (κ3) is 7.13. The van der Waals surface area contributed by atoms with Crippen LogP contribution in [0.5, 0.6) is 0 Å². The van der Waals surface area contributed by atoms with Crippen molar-refractivity contribution in [3.63, 3.8) is 0 Å². The minimum Gasteiger partial charge on any atom is -0.469 e. The van der Waals surface area contributed by atoms with Gasteiger partial charge < -0.3 is 24.5 Å². The number of rotatable bonds is 11. The third-order valence-electron chi connectivity index (χ3n) is 10.8. The molecule has 9 nitrogen and oxygen atoms in total. The summed E-state index contributed by atoms with van der Waals surface area (Å²) in [5.41, 5.74) is 10.1. The molecule has 0 aliphatic carbocycles. The van der Waals surface area contributed by atoms with E-state index in [4.69, 9.17) is 14.7 Å². The van der Waals surface area contributed by atoms with Crippen LogP contribution in [0.15, 0.2) is 55.6 Å². The first-order valence-electron chi connectivity index (χ1n) is 17.3. The van der Waals surface area contributed by atoms with Crippen LogP contribution in [0, 0.1) is 6.92 Å². The number of nitrogens with zero attached hydrogens (tertiary/aromatic N) is 4. The molecule has 5 rings (SSSR count). The summed E-state index contributed by atoms with van der Waals surface area (Å²) in [5.74, 6) is -0.112. The number of likely N-dealkylation sites (N-methyl/N-ethyl adjacent to an activating group) is 2. The van der Waals surface area contributed by atoms with Gasteiger partial charge in [-0.2, -0.15) is 0 Å². The summed E-state index contributed by atoms with van der Waals surface area (Å²) in [5, 5.41) is 0. The third-order valence-corrected chi connectivity index (χ3v) is 10.8. The number of carbonyl (C=O) groups is 2. The van der Waals surface area contributed by atoms with Crippen molar-refractivity contribution in [2.75, 3.05) is 41.3 Å². The van der Waals surface area contributed by atoms with Crippen molar-refractivity contribution < 1.29 is 14.3 Å². The standard InChI is InChI=1S/C40H52N6O3/c1-11-29-25(4)32-20-28-19-24(3)31(41-28)21-33-26(5)30(13-14-39(48)49-10)36(43-33)23-37-40(12-2,27(6)34(44-37)22-35(29)42-32)16-15-38(47)46(9)18-17-45(7)8/h11-12,19-23,26-27,30,41,44H,1-2,13-18H2,3-10H3. The lowest BCUT2D eigenvalue weighted by atomic mass is 9.71. The Morgan fingerprint density at radius 3 is 2.39 bits per heavy atom. The maximum absolute atomic E-state index is 13.4. The predicted molar refractivity (Wildman–Crippen MR) is 198 cm³/mol. The Bertz CT molecular complexity index is 1860. The number of nitrogens with one attached hydrogen (secondary N) is 2. The van der Waals surface area contributed by atoms with Crippen LogP contribution in [0.2, 0.25) is 0 Å². The minimum absolute atomic E-state index is 0.00446. The molecule has 4 atom stereocenters. The first kappa shape index (κ1) is 35.8. The van der Waals surface area contributed by atoms with Crippen molar-refractivity contribution in [2.24, 2.45) is 0 Å². The lowest BCUT2D eigenvalue weighted by Gasteiger charge is -2.32. The summed E-state index contributed by atoms with van der Waals surface area (Å²) in [4.78, 5) is 47.3. The van der Waals surface area contributed by atoms with Crippen LogP contribution in [0.25, 0.3) is 22.2 Å². The minimum atomic E-state index is -0.571. The highest BCUT2D eigenvalue weighted by molar-refractivity contribution is 5.96. The first-order valence-corrected chi connectivity index (χ1v) is 17.3. The van der Waals surface area contributed by atoms with Crippen molar-refractivity contribution in [1.82, 2.24) is 29.7 Å². The number of carbonyl (C=O) groups excluding carboxylic acids is 2. The fourth-order valence-corrected chi connectivity index (χ4v) is 7.35. The molecular weight excluding hydrogens is 612 g/mol. The van der Waals surface area contributed by atoms with Gasteiger partial charge in [-0.3, -0.25) is 14.6 Å². The van der Waals surface area contributed by atoms with Gasteiger partial charge in [0.1, 0.15) is 0 Å². The van der Waals surface area contributed by atoms with Gasteiger partial charge >= 0.3 is 5.97 Å². The molecule has 8 bridgehead atoms. The molecule has 260 valence electrons. The molecule has 2 N–H and O–H groups in total. The number of fused-ring (bicyclic) bond motifs is 8. The molecule has 3 aliphatic rings. The predicted octanol–water partition coefficient (Wildman–Crippen LogP) is 7.33. The monoisotopic (exact) mass is 664 g/mol. The van der Waals surface area contributed by atoms with E-state index in [0.717, 1.165) is 68.5 Å². The zero-order valence-electron chi connectivity index (χ0n) is 30.4. The summed E-state index contributed by atoms with van der Waals surface area (Å²) in [6.07, 6.45) is 5.71. The molecule has 0 saturated carbocycles. The summed E-state index contributed by atoms with van der Waals surface area (Å²) in [6, 6.07) is 10.6. The number of aryl methyl sites for hydroxylation is 1. The second-order valence-corrected chi connectivity index (χ2v) is 14.1. The molecule has 9 heteroatoms. The normalized spacial score (nSPS) is 21.0. The fraction of sp³-hybridized carbons (Fsp3) is 0.450. The molecular formula is C40H52N6O3. The van der Waals surface area contributed by atoms with E-state index in [1.54, 1.807) is 0 Å². The smallest absolute Gasteiger partial charge is 0.305 e. The quantitative estimate of drug-likeness (QED) is 0.193. The lowest BCUT2D eigenvalue weighted by molar-refractivity contribution is -0.140.